The molecule has 5 nitrogen and oxygen atoms in total. The van der Waals surface area contributed by atoms with Crippen LogP contribution in [0.1, 0.15) is 39.0 Å². The minimum atomic E-state index is -0.0450. The minimum absolute atomic E-state index is 0.0450. The van der Waals surface area contributed by atoms with E-state index in [1.54, 1.807) is 0 Å². The summed E-state index contributed by atoms with van der Waals surface area (Å²) in [6, 6.07) is 0. The van der Waals surface area contributed by atoms with Crippen molar-refractivity contribution in [1.29, 1.82) is 0 Å². The highest BCUT2D eigenvalue weighted by atomic mass is 16.6. The standard InChI is InChI=1S/C16H27NO4/c1-2-19-12-15(18)17-7-5-16(6-8-17)9-14(11-21-16)20-10-13-3-4-13/h13-14H,2-12H2,1H3/t14-/m0/s1. The van der Waals surface area contributed by atoms with Gasteiger partial charge >= 0.3 is 0 Å². The van der Waals surface area contributed by atoms with Gasteiger partial charge in [-0.2, -0.15) is 0 Å². The number of ether oxygens (including phenoxy) is 3. The quantitative estimate of drug-likeness (QED) is 0.747. The van der Waals surface area contributed by atoms with Gasteiger partial charge < -0.3 is 19.1 Å². The minimum Gasteiger partial charge on any atom is -0.375 e. The first-order chi connectivity index (χ1) is 10.2. The van der Waals surface area contributed by atoms with Crippen molar-refractivity contribution in [3.8, 4) is 0 Å². The summed E-state index contributed by atoms with van der Waals surface area (Å²) in [6.45, 7) is 5.89. The molecule has 0 bridgehead atoms. The van der Waals surface area contributed by atoms with Crippen LogP contribution in [0.4, 0.5) is 0 Å². The van der Waals surface area contributed by atoms with Crippen LogP contribution >= 0.6 is 0 Å². The van der Waals surface area contributed by atoms with Gasteiger partial charge in [0, 0.05) is 32.7 Å². The first-order valence-corrected chi connectivity index (χ1v) is 8.32. The molecule has 1 saturated carbocycles. The van der Waals surface area contributed by atoms with Gasteiger partial charge in [0.25, 0.3) is 0 Å². The van der Waals surface area contributed by atoms with Gasteiger partial charge in [-0.3, -0.25) is 4.79 Å². The lowest BCUT2D eigenvalue weighted by Crippen LogP contribution is -2.47. The molecule has 2 saturated heterocycles. The molecule has 3 aliphatic rings. The summed E-state index contributed by atoms with van der Waals surface area (Å²) < 4.78 is 17.2. The Bertz CT molecular complexity index is 361. The van der Waals surface area contributed by atoms with Crippen molar-refractivity contribution < 1.29 is 19.0 Å². The molecular formula is C16H27NO4. The second-order valence-corrected chi connectivity index (χ2v) is 6.61. The zero-order valence-electron chi connectivity index (χ0n) is 13.0. The van der Waals surface area contributed by atoms with Crippen LogP contribution in [0.25, 0.3) is 0 Å². The molecule has 0 aromatic heterocycles. The number of rotatable bonds is 6. The van der Waals surface area contributed by atoms with Crippen molar-refractivity contribution in [2.45, 2.75) is 50.7 Å². The summed E-state index contributed by atoms with van der Waals surface area (Å²) in [7, 11) is 0. The summed E-state index contributed by atoms with van der Waals surface area (Å²) in [5.74, 6) is 0.908. The molecule has 0 unspecified atom stereocenters. The van der Waals surface area contributed by atoms with Gasteiger partial charge in [0.1, 0.15) is 6.61 Å². The van der Waals surface area contributed by atoms with E-state index in [0.29, 0.717) is 6.61 Å². The first kappa shape index (κ1) is 15.3. The molecule has 0 aromatic rings. The van der Waals surface area contributed by atoms with Crippen molar-refractivity contribution in [3.05, 3.63) is 0 Å². The lowest BCUT2D eigenvalue weighted by Gasteiger charge is -2.38. The van der Waals surface area contributed by atoms with E-state index >= 15 is 0 Å². The Kier molecular flexibility index (Phi) is 4.82. The highest BCUT2D eigenvalue weighted by Crippen LogP contribution is 2.38. The van der Waals surface area contributed by atoms with E-state index in [1.807, 2.05) is 11.8 Å². The number of nitrogens with zero attached hydrogens (tertiary/aromatic N) is 1. The number of hydrogen-bond donors (Lipinski definition) is 0. The number of hydrogen-bond acceptors (Lipinski definition) is 4. The maximum atomic E-state index is 11.9. The molecule has 0 aromatic carbocycles. The topological polar surface area (TPSA) is 48.0 Å². The zero-order valence-corrected chi connectivity index (χ0v) is 13.0. The van der Waals surface area contributed by atoms with Crippen LogP contribution in [0.5, 0.6) is 0 Å². The molecule has 2 heterocycles. The lowest BCUT2D eigenvalue weighted by molar-refractivity contribution is -0.140. The van der Waals surface area contributed by atoms with Gasteiger partial charge in [-0.25, -0.2) is 0 Å². The Morgan fingerprint density at radius 1 is 1.33 bits per heavy atom. The van der Waals surface area contributed by atoms with Crippen LogP contribution in [-0.2, 0) is 19.0 Å². The maximum absolute atomic E-state index is 11.9. The van der Waals surface area contributed by atoms with Gasteiger partial charge in [-0.1, -0.05) is 0 Å². The second kappa shape index (κ2) is 6.63. The fourth-order valence-electron chi connectivity index (χ4n) is 3.26. The fraction of sp³-hybridized carbons (Fsp3) is 0.938. The van der Waals surface area contributed by atoms with Gasteiger partial charge in [0.05, 0.1) is 18.3 Å². The fourth-order valence-corrected chi connectivity index (χ4v) is 3.26. The Morgan fingerprint density at radius 2 is 2.10 bits per heavy atom. The Hall–Kier alpha value is -0.650. The molecule has 1 amide bonds. The summed E-state index contributed by atoms with van der Waals surface area (Å²) in [4.78, 5) is 13.8. The van der Waals surface area contributed by atoms with Crippen LogP contribution in [0.3, 0.4) is 0 Å². The highest BCUT2D eigenvalue weighted by molar-refractivity contribution is 5.77. The van der Waals surface area contributed by atoms with Gasteiger partial charge in [0.2, 0.25) is 5.91 Å². The van der Waals surface area contributed by atoms with E-state index in [9.17, 15) is 4.79 Å². The molecule has 1 atom stereocenters. The summed E-state index contributed by atoms with van der Waals surface area (Å²) >= 11 is 0. The average Bonchev–Trinajstić information content (AvgIpc) is 3.26. The number of carbonyl (C=O) groups is 1. The third kappa shape index (κ3) is 3.96. The van der Waals surface area contributed by atoms with Crippen molar-refractivity contribution in [2.24, 2.45) is 5.92 Å². The number of piperidine rings is 1. The Morgan fingerprint density at radius 3 is 2.76 bits per heavy atom. The summed E-state index contributed by atoms with van der Waals surface area (Å²) in [5.41, 5.74) is -0.0450. The van der Waals surface area contributed by atoms with Crippen molar-refractivity contribution in [1.82, 2.24) is 4.90 Å². The molecule has 1 spiro atoms. The summed E-state index contributed by atoms with van der Waals surface area (Å²) in [6.07, 6.45) is 5.76. The third-order valence-electron chi connectivity index (χ3n) is 4.90. The van der Waals surface area contributed by atoms with E-state index in [0.717, 1.165) is 51.5 Å². The van der Waals surface area contributed by atoms with Gasteiger partial charge in [0.15, 0.2) is 0 Å². The lowest BCUT2D eigenvalue weighted by atomic mass is 9.88. The van der Waals surface area contributed by atoms with Crippen LogP contribution in [0, 0.1) is 5.92 Å². The predicted octanol–water partition coefficient (Wildman–Crippen LogP) is 1.60. The molecule has 1 aliphatic carbocycles. The second-order valence-electron chi connectivity index (χ2n) is 6.61. The van der Waals surface area contributed by atoms with Crippen LogP contribution in [0.15, 0.2) is 0 Å². The third-order valence-corrected chi connectivity index (χ3v) is 4.90. The van der Waals surface area contributed by atoms with E-state index in [1.165, 1.54) is 12.8 Å². The molecule has 3 rings (SSSR count). The van der Waals surface area contributed by atoms with E-state index in [-0.39, 0.29) is 24.2 Å². The zero-order chi connectivity index (χ0) is 14.7. The van der Waals surface area contributed by atoms with Crippen molar-refractivity contribution >= 4 is 5.91 Å². The molecule has 5 heteroatoms. The summed E-state index contributed by atoms with van der Waals surface area (Å²) in [5, 5.41) is 0. The molecule has 120 valence electrons. The smallest absolute Gasteiger partial charge is 0.248 e. The van der Waals surface area contributed by atoms with E-state index < -0.39 is 0 Å². The molecule has 3 fully saturated rings. The predicted molar refractivity (Wildman–Crippen MR) is 78.1 cm³/mol. The number of likely N-dealkylation sites (tertiary alicyclic amines) is 1. The number of amides is 1. The van der Waals surface area contributed by atoms with E-state index in [4.69, 9.17) is 14.2 Å². The van der Waals surface area contributed by atoms with Crippen molar-refractivity contribution in [3.63, 3.8) is 0 Å². The Labute approximate surface area is 126 Å². The van der Waals surface area contributed by atoms with Crippen molar-refractivity contribution in [2.75, 3.05) is 39.5 Å². The highest BCUT2D eigenvalue weighted by Gasteiger charge is 2.44. The van der Waals surface area contributed by atoms with Gasteiger partial charge in [-0.15, -0.1) is 0 Å². The van der Waals surface area contributed by atoms with Crippen LogP contribution in [0.2, 0.25) is 0 Å². The molecule has 21 heavy (non-hydrogen) atoms. The van der Waals surface area contributed by atoms with E-state index in [2.05, 4.69) is 0 Å². The first-order valence-electron chi connectivity index (χ1n) is 8.32. The molecular weight excluding hydrogens is 270 g/mol. The SMILES string of the molecule is CCOCC(=O)N1CCC2(CC1)C[C@H](OCC1CC1)CO2. The van der Waals surface area contributed by atoms with Crippen LogP contribution in [-0.4, -0.2) is 62.0 Å². The maximum Gasteiger partial charge on any atom is 0.248 e. The molecule has 0 N–H and O–H groups in total. The number of carbonyl (C=O) groups excluding carboxylic acids is 1. The van der Waals surface area contributed by atoms with Gasteiger partial charge in [-0.05, 0) is 38.5 Å². The van der Waals surface area contributed by atoms with Crippen LogP contribution < -0.4 is 0 Å². The normalized spacial score (nSPS) is 28.2. The Balaban J connectivity index is 1.41. The molecule has 0 radical (unpaired) electrons. The monoisotopic (exact) mass is 297 g/mol. The largest absolute Gasteiger partial charge is 0.375 e. The molecule has 2 aliphatic heterocycles. The average molecular weight is 297 g/mol.